The molecule has 2 aromatic rings. The lowest BCUT2D eigenvalue weighted by Crippen LogP contribution is -1.99. The first kappa shape index (κ1) is 15.9. The molecule has 2 aromatic carbocycles. The normalized spacial score (nSPS) is 10.6. The number of carboxylic acid groups (broad SMARTS) is 1. The largest absolute Gasteiger partial charge is 0.496 e. The Labute approximate surface area is 133 Å². The van der Waals surface area contributed by atoms with Gasteiger partial charge in [-0.2, -0.15) is 0 Å². The first-order chi connectivity index (χ1) is 10.6. The molecule has 0 aliphatic carbocycles. The first-order valence-corrected chi connectivity index (χ1v) is 6.92. The van der Waals surface area contributed by atoms with Crippen molar-refractivity contribution in [2.24, 2.45) is 0 Å². The van der Waals surface area contributed by atoms with E-state index in [1.54, 1.807) is 43.5 Å². The van der Waals surface area contributed by atoms with E-state index in [1.165, 1.54) is 6.08 Å². The average molecular weight is 319 g/mol. The van der Waals surface area contributed by atoms with Gasteiger partial charge in [0.2, 0.25) is 0 Å². The van der Waals surface area contributed by atoms with E-state index in [1.807, 2.05) is 6.07 Å². The Morgan fingerprint density at radius 1 is 1.23 bits per heavy atom. The summed E-state index contributed by atoms with van der Waals surface area (Å²) in [5.41, 5.74) is 1.59. The number of halogens is 1. The second-order valence-electron chi connectivity index (χ2n) is 4.49. The van der Waals surface area contributed by atoms with Crippen LogP contribution in [0.4, 0.5) is 0 Å². The van der Waals surface area contributed by atoms with Gasteiger partial charge in [0.15, 0.2) is 0 Å². The van der Waals surface area contributed by atoms with Gasteiger partial charge in [0.25, 0.3) is 0 Å². The number of aliphatic carboxylic acids is 1. The van der Waals surface area contributed by atoms with Crippen molar-refractivity contribution in [2.45, 2.75) is 6.61 Å². The number of hydrogen-bond donors (Lipinski definition) is 1. The molecule has 0 aliphatic heterocycles. The highest BCUT2D eigenvalue weighted by Gasteiger charge is 2.05. The van der Waals surface area contributed by atoms with Crippen LogP contribution in [0.15, 0.2) is 48.5 Å². The lowest BCUT2D eigenvalue weighted by atomic mass is 10.1. The third-order valence-corrected chi connectivity index (χ3v) is 3.18. The molecule has 0 amide bonds. The minimum absolute atomic E-state index is 0.305. The highest BCUT2D eigenvalue weighted by Crippen LogP contribution is 2.23. The molecule has 5 heteroatoms. The number of rotatable bonds is 6. The van der Waals surface area contributed by atoms with Crippen molar-refractivity contribution in [1.29, 1.82) is 0 Å². The van der Waals surface area contributed by atoms with Gasteiger partial charge in [0.05, 0.1) is 7.11 Å². The van der Waals surface area contributed by atoms with Gasteiger partial charge in [0, 0.05) is 16.7 Å². The van der Waals surface area contributed by atoms with Crippen LogP contribution >= 0.6 is 11.6 Å². The molecule has 114 valence electrons. The minimum atomic E-state index is -0.991. The summed E-state index contributed by atoms with van der Waals surface area (Å²) in [5.74, 6) is 0.383. The number of carbonyl (C=O) groups is 1. The molecule has 0 unspecified atom stereocenters. The van der Waals surface area contributed by atoms with Gasteiger partial charge in [-0.25, -0.2) is 4.79 Å². The van der Waals surface area contributed by atoms with Crippen molar-refractivity contribution >= 4 is 23.6 Å². The van der Waals surface area contributed by atoms with Gasteiger partial charge >= 0.3 is 5.97 Å². The van der Waals surface area contributed by atoms with Crippen molar-refractivity contribution in [3.8, 4) is 11.5 Å². The SMILES string of the molecule is COc1ccc(/C=C/C(=O)O)cc1COc1ccc(Cl)cc1. The van der Waals surface area contributed by atoms with Gasteiger partial charge in [-0.15, -0.1) is 0 Å². The summed E-state index contributed by atoms with van der Waals surface area (Å²) < 4.78 is 11.0. The molecular formula is C17H15ClO4. The van der Waals surface area contributed by atoms with Gasteiger partial charge in [-0.3, -0.25) is 0 Å². The van der Waals surface area contributed by atoms with E-state index in [4.69, 9.17) is 26.2 Å². The van der Waals surface area contributed by atoms with Gasteiger partial charge in [0.1, 0.15) is 18.1 Å². The van der Waals surface area contributed by atoms with Gasteiger partial charge in [-0.05, 0) is 48.0 Å². The molecule has 0 saturated carbocycles. The molecule has 22 heavy (non-hydrogen) atoms. The Morgan fingerprint density at radius 2 is 1.95 bits per heavy atom. The topological polar surface area (TPSA) is 55.8 Å². The Balaban J connectivity index is 2.15. The van der Waals surface area contributed by atoms with Crippen molar-refractivity contribution in [2.75, 3.05) is 7.11 Å². The second-order valence-corrected chi connectivity index (χ2v) is 4.92. The van der Waals surface area contributed by atoms with E-state index >= 15 is 0 Å². The zero-order valence-electron chi connectivity index (χ0n) is 12.0. The van der Waals surface area contributed by atoms with Gasteiger partial charge < -0.3 is 14.6 Å². The number of ether oxygens (including phenoxy) is 2. The van der Waals surface area contributed by atoms with Crippen LogP contribution in [0.5, 0.6) is 11.5 Å². The number of benzene rings is 2. The van der Waals surface area contributed by atoms with Crippen molar-refractivity contribution < 1.29 is 19.4 Å². The molecular weight excluding hydrogens is 304 g/mol. The fourth-order valence-corrected chi connectivity index (χ4v) is 2.00. The molecule has 0 spiro atoms. The summed E-state index contributed by atoms with van der Waals surface area (Å²) in [6.07, 6.45) is 2.61. The van der Waals surface area contributed by atoms with E-state index in [-0.39, 0.29) is 0 Å². The maximum atomic E-state index is 10.6. The van der Waals surface area contributed by atoms with Crippen LogP contribution in [0, 0.1) is 0 Å². The van der Waals surface area contributed by atoms with Crippen LogP contribution in [-0.4, -0.2) is 18.2 Å². The summed E-state index contributed by atoms with van der Waals surface area (Å²) in [7, 11) is 1.58. The summed E-state index contributed by atoms with van der Waals surface area (Å²) >= 11 is 5.83. The maximum absolute atomic E-state index is 10.6. The van der Waals surface area contributed by atoms with Crippen LogP contribution in [0.25, 0.3) is 6.08 Å². The number of hydrogen-bond acceptors (Lipinski definition) is 3. The first-order valence-electron chi connectivity index (χ1n) is 6.55. The van der Waals surface area contributed by atoms with Gasteiger partial charge in [-0.1, -0.05) is 17.7 Å². The molecule has 2 rings (SSSR count). The number of carboxylic acids is 1. The third-order valence-electron chi connectivity index (χ3n) is 2.93. The third kappa shape index (κ3) is 4.53. The molecule has 1 N–H and O–H groups in total. The highest BCUT2D eigenvalue weighted by atomic mass is 35.5. The standard InChI is InChI=1S/C17H15ClO4/c1-21-16-8-2-12(3-9-17(19)20)10-13(16)11-22-15-6-4-14(18)5-7-15/h2-10H,11H2,1H3,(H,19,20)/b9-3+. The smallest absolute Gasteiger partial charge is 0.328 e. The average Bonchev–Trinajstić information content (AvgIpc) is 2.52. The number of methoxy groups -OCH3 is 1. The van der Waals surface area contributed by atoms with Crippen LogP contribution < -0.4 is 9.47 Å². The summed E-state index contributed by atoms with van der Waals surface area (Å²) in [6.45, 7) is 0.305. The molecule has 0 bridgehead atoms. The van der Waals surface area contributed by atoms with Crippen molar-refractivity contribution in [3.63, 3.8) is 0 Å². The van der Waals surface area contributed by atoms with Crippen molar-refractivity contribution in [1.82, 2.24) is 0 Å². The van der Waals surface area contributed by atoms with E-state index in [0.29, 0.717) is 23.1 Å². The zero-order valence-corrected chi connectivity index (χ0v) is 12.7. The lowest BCUT2D eigenvalue weighted by Gasteiger charge is -2.11. The highest BCUT2D eigenvalue weighted by molar-refractivity contribution is 6.30. The maximum Gasteiger partial charge on any atom is 0.328 e. The van der Waals surface area contributed by atoms with E-state index in [2.05, 4.69) is 0 Å². The molecule has 0 radical (unpaired) electrons. The van der Waals surface area contributed by atoms with Crippen LogP contribution in [0.3, 0.4) is 0 Å². The van der Waals surface area contributed by atoms with E-state index in [0.717, 1.165) is 17.2 Å². The van der Waals surface area contributed by atoms with Crippen LogP contribution in [-0.2, 0) is 11.4 Å². The Kier molecular flexibility index (Phi) is 5.44. The zero-order chi connectivity index (χ0) is 15.9. The predicted molar refractivity (Wildman–Crippen MR) is 85.4 cm³/mol. The quantitative estimate of drug-likeness (QED) is 0.817. The molecule has 4 nitrogen and oxygen atoms in total. The fraction of sp³-hybridized carbons (Fsp3) is 0.118. The van der Waals surface area contributed by atoms with E-state index < -0.39 is 5.97 Å². The molecule has 0 atom stereocenters. The van der Waals surface area contributed by atoms with Crippen molar-refractivity contribution in [3.05, 3.63) is 64.7 Å². The molecule has 0 aromatic heterocycles. The molecule has 0 saturated heterocycles. The van der Waals surface area contributed by atoms with E-state index in [9.17, 15) is 4.79 Å². The van der Waals surface area contributed by atoms with Crippen LogP contribution in [0.1, 0.15) is 11.1 Å². The summed E-state index contributed by atoms with van der Waals surface area (Å²) in [6, 6.07) is 12.5. The summed E-state index contributed by atoms with van der Waals surface area (Å²) in [4.78, 5) is 10.6. The minimum Gasteiger partial charge on any atom is -0.496 e. The lowest BCUT2D eigenvalue weighted by molar-refractivity contribution is -0.131. The van der Waals surface area contributed by atoms with Crippen LogP contribution in [0.2, 0.25) is 5.02 Å². The molecule has 0 heterocycles. The fourth-order valence-electron chi connectivity index (χ4n) is 1.87. The molecule has 0 fully saturated rings. The summed E-state index contributed by atoms with van der Waals surface area (Å²) in [5, 5.41) is 9.32. The Morgan fingerprint density at radius 3 is 2.59 bits per heavy atom. The monoisotopic (exact) mass is 318 g/mol. The predicted octanol–water partition coefficient (Wildman–Crippen LogP) is 4.03. The Hall–Kier alpha value is -2.46. The second kappa shape index (κ2) is 7.52. The molecule has 0 aliphatic rings. The Bertz CT molecular complexity index is 678.